The van der Waals surface area contributed by atoms with Gasteiger partial charge in [-0.3, -0.25) is 4.79 Å². The number of esters is 1. The quantitative estimate of drug-likeness (QED) is 0.525. The molecule has 2 atom stereocenters. The van der Waals surface area contributed by atoms with Crippen molar-refractivity contribution in [1.82, 2.24) is 4.90 Å². The molecule has 1 amide bonds. The zero-order valence-corrected chi connectivity index (χ0v) is 9.21. The van der Waals surface area contributed by atoms with Gasteiger partial charge < -0.3 is 9.64 Å². The van der Waals surface area contributed by atoms with Gasteiger partial charge in [-0.15, -0.1) is 0 Å². The van der Waals surface area contributed by atoms with E-state index in [-0.39, 0.29) is 12.1 Å². The highest BCUT2D eigenvalue weighted by molar-refractivity contribution is 6.32. The van der Waals surface area contributed by atoms with Crippen LogP contribution in [-0.2, 0) is 14.3 Å². The second-order valence-corrected chi connectivity index (χ2v) is 3.89. The molecule has 1 aliphatic heterocycles. The van der Waals surface area contributed by atoms with Crippen molar-refractivity contribution < 1.29 is 14.3 Å². The van der Waals surface area contributed by atoms with Gasteiger partial charge in [0.05, 0.1) is 6.04 Å². The van der Waals surface area contributed by atoms with Gasteiger partial charge in [-0.2, -0.15) is 0 Å². The summed E-state index contributed by atoms with van der Waals surface area (Å²) in [6.07, 6.45) is -0.378. The summed E-state index contributed by atoms with van der Waals surface area (Å²) in [7, 11) is 1.61. The predicted octanol–water partition coefficient (Wildman–Crippen LogP) is 1.13. The molecule has 2 rings (SSSR count). The van der Waals surface area contributed by atoms with Gasteiger partial charge in [-0.1, -0.05) is 30.3 Å². The monoisotopic (exact) mass is 219 g/mol. The minimum atomic E-state index is -0.783. The van der Waals surface area contributed by atoms with Crippen LogP contribution in [0.15, 0.2) is 30.3 Å². The minimum absolute atomic E-state index is 0.146. The lowest BCUT2D eigenvalue weighted by Gasteiger charge is -2.35. The van der Waals surface area contributed by atoms with Crippen molar-refractivity contribution in [1.29, 1.82) is 0 Å². The first kappa shape index (κ1) is 10.7. The third-order valence-corrected chi connectivity index (χ3v) is 2.91. The van der Waals surface area contributed by atoms with Crippen LogP contribution >= 0.6 is 0 Å². The van der Waals surface area contributed by atoms with Crippen LogP contribution < -0.4 is 0 Å². The van der Waals surface area contributed by atoms with E-state index >= 15 is 0 Å². The van der Waals surface area contributed by atoms with Gasteiger partial charge in [0.15, 0.2) is 0 Å². The summed E-state index contributed by atoms with van der Waals surface area (Å²) in [6, 6.07) is 9.29. The molecule has 0 N–H and O–H groups in total. The molecule has 0 spiro atoms. The van der Waals surface area contributed by atoms with Crippen LogP contribution in [0.1, 0.15) is 18.6 Å². The van der Waals surface area contributed by atoms with E-state index in [1.54, 1.807) is 7.05 Å². The van der Waals surface area contributed by atoms with E-state index in [2.05, 4.69) is 0 Å². The highest BCUT2D eigenvalue weighted by Crippen LogP contribution is 2.28. The average molecular weight is 219 g/mol. The maximum Gasteiger partial charge on any atom is 0.397 e. The molecule has 0 radical (unpaired) electrons. The van der Waals surface area contributed by atoms with Crippen molar-refractivity contribution in [3.8, 4) is 0 Å². The van der Waals surface area contributed by atoms with Crippen LogP contribution in [0, 0.1) is 0 Å². The standard InChI is InChI=1S/C12H13NO3/c1-8-10(9-6-4-3-5-7-9)16-12(15)11(14)13(8)2/h3-8,10H,1-2H3/t8-,10-/m0/s1. The largest absolute Gasteiger partial charge is 0.448 e. The first-order valence-corrected chi connectivity index (χ1v) is 5.14. The molecule has 0 saturated carbocycles. The molecule has 0 aliphatic carbocycles. The van der Waals surface area contributed by atoms with Gasteiger partial charge >= 0.3 is 11.9 Å². The number of hydrogen-bond donors (Lipinski definition) is 0. The van der Waals surface area contributed by atoms with Crippen molar-refractivity contribution in [2.75, 3.05) is 7.05 Å². The highest BCUT2D eigenvalue weighted by atomic mass is 16.6. The van der Waals surface area contributed by atoms with E-state index in [0.717, 1.165) is 5.56 Å². The van der Waals surface area contributed by atoms with Crippen LogP contribution in [0.2, 0.25) is 0 Å². The SMILES string of the molecule is C[C@H]1[C@@H](c2ccccc2)OC(=O)C(=O)N1C. The zero-order valence-electron chi connectivity index (χ0n) is 9.21. The number of benzene rings is 1. The van der Waals surface area contributed by atoms with Gasteiger partial charge in [0.25, 0.3) is 0 Å². The third-order valence-electron chi connectivity index (χ3n) is 2.91. The van der Waals surface area contributed by atoms with E-state index in [1.165, 1.54) is 4.90 Å². The van der Waals surface area contributed by atoms with Gasteiger partial charge in [0.2, 0.25) is 0 Å². The van der Waals surface area contributed by atoms with Crippen LogP contribution in [0.3, 0.4) is 0 Å². The Labute approximate surface area is 93.8 Å². The van der Waals surface area contributed by atoms with E-state index in [0.29, 0.717) is 0 Å². The molecule has 0 bridgehead atoms. The Hall–Kier alpha value is -1.84. The Morgan fingerprint density at radius 2 is 1.81 bits per heavy atom. The Morgan fingerprint density at radius 3 is 2.44 bits per heavy atom. The van der Waals surface area contributed by atoms with Gasteiger partial charge in [0.1, 0.15) is 6.10 Å². The Bertz CT molecular complexity index is 416. The van der Waals surface area contributed by atoms with Crippen molar-refractivity contribution in [3.05, 3.63) is 35.9 Å². The van der Waals surface area contributed by atoms with Crippen molar-refractivity contribution in [2.24, 2.45) is 0 Å². The summed E-state index contributed by atoms with van der Waals surface area (Å²) in [6.45, 7) is 1.86. The summed E-state index contributed by atoms with van der Waals surface area (Å²) in [5, 5.41) is 0. The number of amides is 1. The van der Waals surface area contributed by atoms with Crippen LogP contribution in [0.5, 0.6) is 0 Å². The summed E-state index contributed by atoms with van der Waals surface area (Å²) < 4.78 is 5.14. The molecule has 16 heavy (non-hydrogen) atoms. The maximum atomic E-state index is 11.4. The zero-order chi connectivity index (χ0) is 11.7. The fourth-order valence-electron chi connectivity index (χ4n) is 1.79. The Balaban J connectivity index is 2.30. The van der Waals surface area contributed by atoms with Crippen LogP contribution in [0.25, 0.3) is 0 Å². The number of likely N-dealkylation sites (N-methyl/N-ethyl adjacent to an activating group) is 1. The molecule has 1 heterocycles. The first-order valence-electron chi connectivity index (χ1n) is 5.14. The van der Waals surface area contributed by atoms with E-state index in [9.17, 15) is 9.59 Å². The summed E-state index contributed by atoms with van der Waals surface area (Å²) in [5.41, 5.74) is 0.905. The molecule has 0 aromatic heterocycles. The van der Waals surface area contributed by atoms with Crippen LogP contribution in [-0.4, -0.2) is 29.9 Å². The molecule has 1 saturated heterocycles. The number of rotatable bonds is 1. The molecule has 84 valence electrons. The van der Waals surface area contributed by atoms with Gasteiger partial charge in [-0.25, -0.2) is 4.79 Å². The topological polar surface area (TPSA) is 46.6 Å². The molecule has 1 aromatic rings. The minimum Gasteiger partial charge on any atom is -0.448 e. The average Bonchev–Trinajstić information content (AvgIpc) is 2.32. The van der Waals surface area contributed by atoms with Gasteiger partial charge in [0, 0.05) is 7.05 Å². The molecule has 1 fully saturated rings. The second-order valence-electron chi connectivity index (χ2n) is 3.89. The lowest BCUT2D eigenvalue weighted by Crippen LogP contribution is -2.49. The van der Waals surface area contributed by atoms with Crippen molar-refractivity contribution >= 4 is 11.9 Å². The first-order chi connectivity index (χ1) is 7.61. The van der Waals surface area contributed by atoms with E-state index in [4.69, 9.17) is 4.74 Å². The predicted molar refractivity (Wildman–Crippen MR) is 57.5 cm³/mol. The maximum absolute atomic E-state index is 11.4. The molecule has 4 nitrogen and oxygen atoms in total. The number of morpholine rings is 1. The number of ether oxygens (including phenoxy) is 1. The lowest BCUT2D eigenvalue weighted by molar-refractivity contribution is -0.176. The Morgan fingerprint density at radius 1 is 1.19 bits per heavy atom. The number of carbonyl (C=O) groups is 2. The van der Waals surface area contributed by atoms with Crippen LogP contribution in [0.4, 0.5) is 0 Å². The summed E-state index contributed by atoms with van der Waals surface area (Å²) in [4.78, 5) is 24.1. The van der Waals surface area contributed by atoms with Crippen molar-refractivity contribution in [3.63, 3.8) is 0 Å². The Kier molecular flexibility index (Phi) is 2.64. The molecule has 0 unspecified atom stereocenters. The highest BCUT2D eigenvalue weighted by Gasteiger charge is 2.38. The molecule has 1 aromatic carbocycles. The second kappa shape index (κ2) is 3.96. The lowest BCUT2D eigenvalue weighted by atomic mass is 10.0. The fraction of sp³-hybridized carbons (Fsp3) is 0.333. The molecule has 4 heteroatoms. The normalized spacial score (nSPS) is 25.5. The van der Waals surface area contributed by atoms with E-state index in [1.807, 2.05) is 37.3 Å². The number of carbonyl (C=O) groups excluding carboxylic acids is 2. The summed E-state index contributed by atoms with van der Waals surface area (Å²) >= 11 is 0. The third kappa shape index (κ3) is 1.66. The molecular weight excluding hydrogens is 206 g/mol. The smallest absolute Gasteiger partial charge is 0.397 e. The number of nitrogens with zero attached hydrogens (tertiary/aromatic N) is 1. The van der Waals surface area contributed by atoms with Gasteiger partial charge in [-0.05, 0) is 12.5 Å². The van der Waals surface area contributed by atoms with E-state index < -0.39 is 11.9 Å². The molecule has 1 aliphatic rings. The van der Waals surface area contributed by atoms with Crippen molar-refractivity contribution in [2.45, 2.75) is 19.1 Å². The fourth-order valence-corrected chi connectivity index (χ4v) is 1.79. The number of cyclic esters (lactones) is 1. The number of hydrogen-bond acceptors (Lipinski definition) is 3. The molecular formula is C12H13NO3. The summed E-state index contributed by atoms with van der Waals surface area (Å²) in [5.74, 6) is -1.37.